The monoisotopic (exact) mass is 406 g/mol. The quantitative estimate of drug-likeness (QED) is 0.746. The summed E-state index contributed by atoms with van der Waals surface area (Å²) in [5.74, 6) is -0.593. The molecule has 0 saturated carbocycles. The average Bonchev–Trinajstić information content (AvgIpc) is 2.94. The van der Waals surface area contributed by atoms with Crippen molar-refractivity contribution >= 4 is 35.2 Å². The van der Waals surface area contributed by atoms with E-state index >= 15 is 0 Å². The lowest BCUT2D eigenvalue weighted by molar-refractivity contribution is -0.130. The fraction of sp³-hybridized carbons (Fsp3) is 0.300. The SMILES string of the molecule is C[C@H]1S[C@@H](c2ccccc2F)N(CCN(C)C(=O)c2ccccc2Cl)C1=O. The molecule has 0 spiro atoms. The van der Waals surface area contributed by atoms with Gasteiger partial charge in [-0.2, -0.15) is 0 Å². The molecule has 27 heavy (non-hydrogen) atoms. The van der Waals surface area contributed by atoms with Crippen LogP contribution in [0.5, 0.6) is 0 Å². The first-order valence-corrected chi connectivity index (χ1v) is 9.92. The molecule has 2 aromatic carbocycles. The van der Waals surface area contributed by atoms with Crippen molar-refractivity contribution < 1.29 is 14.0 Å². The molecule has 0 aliphatic carbocycles. The maximum Gasteiger partial charge on any atom is 0.255 e. The number of hydrogen-bond donors (Lipinski definition) is 0. The molecule has 3 rings (SSSR count). The third-order valence-corrected chi connectivity index (χ3v) is 6.25. The lowest BCUT2D eigenvalue weighted by atomic mass is 10.2. The van der Waals surface area contributed by atoms with Crippen LogP contribution >= 0.6 is 23.4 Å². The molecule has 2 amide bonds. The molecular weight excluding hydrogens is 387 g/mol. The molecule has 0 bridgehead atoms. The first kappa shape index (κ1) is 19.7. The zero-order valence-corrected chi connectivity index (χ0v) is 16.6. The molecule has 0 N–H and O–H groups in total. The summed E-state index contributed by atoms with van der Waals surface area (Å²) in [5.41, 5.74) is 0.906. The number of rotatable bonds is 5. The molecular formula is C20H20ClFN2O2S. The van der Waals surface area contributed by atoms with Gasteiger partial charge < -0.3 is 9.80 Å². The van der Waals surface area contributed by atoms with Crippen molar-refractivity contribution in [2.75, 3.05) is 20.1 Å². The Hall–Kier alpha value is -2.05. The number of halogens is 2. The van der Waals surface area contributed by atoms with Crippen molar-refractivity contribution in [1.29, 1.82) is 0 Å². The van der Waals surface area contributed by atoms with Crippen LogP contribution in [0.15, 0.2) is 48.5 Å². The summed E-state index contributed by atoms with van der Waals surface area (Å²) in [4.78, 5) is 28.3. The summed E-state index contributed by atoms with van der Waals surface area (Å²) in [6.07, 6.45) is 0. The van der Waals surface area contributed by atoms with Gasteiger partial charge >= 0.3 is 0 Å². The molecule has 2 atom stereocenters. The van der Waals surface area contributed by atoms with E-state index in [1.807, 2.05) is 6.92 Å². The zero-order chi connectivity index (χ0) is 19.6. The number of likely N-dealkylation sites (N-methyl/N-ethyl adjacent to an activating group) is 1. The Morgan fingerprint density at radius 1 is 1.22 bits per heavy atom. The Labute approximate surface area is 167 Å². The van der Waals surface area contributed by atoms with Gasteiger partial charge in [0.1, 0.15) is 11.2 Å². The fourth-order valence-corrected chi connectivity index (χ4v) is 4.57. The molecule has 1 aliphatic heterocycles. The highest BCUT2D eigenvalue weighted by Gasteiger charge is 2.39. The van der Waals surface area contributed by atoms with Gasteiger partial charge in [0.25, 0.3) is 5.91 Å². The Bertz CT molecular complexity index is 863. The van der Waals surface area contributed by atoms with Gasteiger partial charge in [-0.15, -0.1) is 11.8 Å². The van der Waals surface area contributed by atoms with Gasteiger partial charge in [-0.1, -0.05) is 41.9 Å². The van der Waals surface area contributed by atoms with E-state index in [4.69, 9.17) is 11.6 Å². The predicted molar refractivity (Wildman–Crippen MR) is 106 cm³/mol. The third-order valence-electron chi connectivity index (χ3n) is 4.55. The topological polar surface area (TPSA) is 40.6 Å². The molecule has 0 unspecified atom stereocenters. The van der Waals surface area contributed by atoms with Crippen molar-refractivity contribution in [3.63, 3.8) is 0 Å². The lowest BCUT2D eigenvalue weighted by Crippen LogP contribution is -2.39. The minimum Gasteiger partial charge on any atom is -0.340 e. The van der Waals surface area contributed by atoms with Crippen molar-refractivity contribution in [2.45, 2.75) is 17.5 Å². The minimum absolute atomic E-state index is 0.0492. The van der Waals surface area contributed by atoms with Crippen LogP contribution in [0.1, 0.15) is 28.2 Å². The Morgan fingerprint density at radius 2 is 1.89 bits per heavy atom. The maximum absolute atomic E-state index is 14.2. The number of nitrogens with zero attached hydrogens (tertiary/aromatic N) is 2. The van der Waals surface area contributed by atoms with E-state index in [1.54, 1.807) is 54.4 Å². The second-order valence-corrected chi connectivity index (χ2v) is 8.22. The minimum atomic E-state index is -0.391. The first-order chi connectivity index (χ1) is 12.9. The van der Waals surface area contributed by atoms with E-state index in [-0.39, 0.29) is 22.9 Å². The summed E-state index contributed by atoms with van der Waals surface area (Å²) in [7, 11) is 1.67. The Kier molecular flexibility index (Phi) is 6.07. The molecule has 142 valence electrons. The number of carbonyl (C=O) groups is 2. The van der Waals surface area contributed by atoms with Crippen LogP contribution in [0.4, 0.5) is 4.39 Å². The smallest absolute Gasteiger partial charge is 0.255 e. The van der Waals surface area contributed by atoms with Crippen LogP contribution in [0, 0.1) is 5.82 Å². The number of carbonyl (C=O) groups excluding carboxylic acids is 2. The van der Waals surface area contributed by atoms with E-state index in [1.165, 1.54) is 22.7 Å². The Morgan fingerprint density at radius 3 is 2.59 bits per heavy atom. The third kappa shape index (κ3) is 4.12. The Balaban J connectivity index is 1.73. The second-order valence-electron chi connectivity index (χ2n) is 6.39. The standard InChI is InChI=1S/C20H20ClFN2O2S/c1-13-18(25)24(20(27-13)15-8-4-6-10-17(15)22)12-11-23(2)19(26)14-7-3-5-9-16(14)21/h3-10,13,20H,11-12H2,1-2H3/t13-,20+/m1/s1. The average molecular weight is 407 g/mol. The maximum atomic E-state index is 14.2. The fourth-order valence-electron chi connectivity index (χ4n) is 3.02. The lowest BCUT2D eigenvalue weighted by Gasteiger charge is -2.27. The summed E-state index contributed by atoms with van der Waals surface area (Å²) in [6, 6.07) is 13.3. The van der Waals surface area contributed by atoms with Gasteiger partial charge in [-0.05, 0) is 25.1 Å². The van der Waals surface area contributed by atoms with Crippen LogP contribution < -0.4 is 0 Å². The summed E-state index contributed by atoms with van der Waals surface area (Å²) in [5, 5.41) is -0.253. The predicted octanol–water partition coefficient (Wildman–Crippen LogP) is 4.21. The van der Waals surface area contributed by atoms with E-state index in [0.717, 1.165) is 0 Å². The highest BCUT2D eigenvalue weighted by Crippen LogP contribution is 2.43. The van der Waals surface area contributed by atoms with E-state index in [2.05, 4.69) is 0 Å². The highest BCUT2D eigenvalue weighted by atomic mass is 35.5. The van der Waals surface area contributed by atoms with Crippen LogP contribution in [-0.4, -0.2) is 47.0 Å². The van der Waals surface area contributed by atoms with Gasteiger partial charge in [0.05, 0.1) is 15.8 Å². The number of amides is 2. The van der Waals surface area contributed by atoms with Crippen molar-refractivity contribution in [3.05, 3.63) is 70.5 Å². The van der Waals surface area contributed by atoms with Gasteiger partial charge in [-0.3, -0.25) is 9.59 Å². The molecule has 1 fully saturated rings. The van der Waals surface area contributed by atoms with E-state index in [0.29, 0.717) is 29.2 Å². The molecule has 1 heterocycles. The molecule has 7 heteroatoms. The van der Waals surface area contributed by atoms with Crippen molar-refractivity contribution in [3.8, 4) is 0 Å². The largest absolute Gasteiger partial charge is 0.340 e. The summed E-state index contributed by atoms with van der Waals surface area (Å²) >= 11 is 7.52. The van der Waals surface area contributed by atoms with Crippen molar-refractivity contribution in [2.24, 2.45) is 0 Å². The van der Waals surface area contributed by atoms with E-state index < -0.39 is 5.37 Å². The highest BCUT2D eigenvalue weighted by molar-refractivity contribution is 8.01. The molecule has 1 saturated heterocycles. The number of thioether (sulfide) groups is 1. The van der Waals surface area contributed by atoms with Gasteiger partial charge in [0.15, 0.2) is 0 Å². The van der Waals surface area contributed by atoms with Crippen LogP contribution in [0.25, 0.3) is 0 Å². The van der Waals surface area contributed by atoms with Gasteiger partial charge in [0, 0.05) is 25.7 Å². The van der Waals surface area contributed by atoms with Gasteiger partial charge in [-0.25, -0.2) is 4.39 Å². The number of benzene rings is 2. The molecule has 1 aliphatic rings. The number of hydrogen-bond acceptors (Lipinski definition) is 3. The van der Waals surface area contributed by atoms with Crippen LogP contribution in [0.2, 0.25) is 5.02 Å². The van der Waals surface area contributed by atoms with Crippen molar-refractivity contribution in [1.82, 2.24) is 9.80 Å². The second kappa shape index (κ2) is 8.31. The molecule has 0 aromatic heterocycles. The summed E-state index contributed by atoms with van der Waals surface area (Å²) in [6.45, 7) is 2.47. The molecule has 4 nitrogen and oxygen atoms in total. The van der Waals surface area contributed by atoms with Crippen LogP contribution in [0.3, 0.4) is 0 Å². The van der Waals surface area contributed by atoms with Gasteiger partial charge in [0.2, 0.25) is 5.91 Å². The summed E-state index contributed by atoms with van der Waals surface area (Å²) < 4.78 is 14.2. The molecule has 2 aromatic rings. The molecule has 0 radical (unpaired) electrons. The zero-order valence-electron chi connectivity index (χ0n) is 15.1. The normalized spacial score (nSPS) is 19.4. The van der Waals surface area contributed by atoms with Crippen LogP contribution in [-0.2, 0) is 4.79 Å². The first-order valence-electron chi connectivity index (χ1n) is 8.60. The van der Waals surface area contributed by atoms with E-state index in [9.17, 15) is 14.0 Å².